The van der Waals surface area contributed by atoms with Crippen LogP contribution in [0.5, 0.6) is 11.5 Å². The van der Waals surface area contributed by atoms with Crippen LogP contribution in [-0.2, 0) is 11.2 Å². The summed E-state index contributed by atoms with van der Waals surface area (Å²) < 4.78 is 46.8. The number of carbonyl (C=O) groups is 1. The zero-order chi connectivity index (χ0) is 20.2. The van der Waals surface area contributed by atoms with E-state index in [-0.39, 0.29) is 28.9 Å². The van der Waals surface area contributed by atoms with Gasteiger partial charge >= 0.3 is 6.18 Å². The number of carbonyl (C=O) groups excluding carboxylic acids is 1. The lowest BCUT2D eigenvalue weighted by Gasteiger charge is -2.42. The molecule has 1 aromatic carbocycles. The van der Waals surface area contributed by atoms with Crippen molar-refractivity contribution >= 4 is 5.91 Å². The first-order chi connectivity index (χ1) is 12.5. The average molecular weight is 388 g/mol. The van der Waals surface area contributed by atoms with Gasteiger partial charge in [-0.25, -0.2) is 0 Å². The Hall–Kier alpha value is -1.96. The minimum Gasteiger partial charge on any atom is -0.493 e. The fraction of sp³-hybridized carbons (Fsp3) is 0.632. The molecule has 0 aromatic heterocycles. The van der Waals surface area contributed by atoms with E-state index in [0.717, 1.165) is 12.0 Å². The third-order valence-electron chi connectivity index (χ3n) is 4.91. The van der Waals surface area contributed by atoms with Crippen molar-refractivity contribution in [2.24, 2.45) is 11.1 Å². The molecule has 5 nitrogen and oxygen atoms in total. The Labute approximate surface area is 157 Å². The maximum Gasteiger partial charge on any atom is 0.422 e. The van der Waals surface area contributed by atoms with Gasteiger partial charge in [0.15, 0.2) is 18.1 Å². The third kappa shape index (κ3) is 6.02. The van der Waals surface area contributed by atoms with Crippen molar-refractivity contribution < 1.29 is 27.4 Å². The van der Waals surface area contributed by atoms with Gasteiger partial charge in [-0.2, -0.15) is 13.2 Å². The van der Waals surface area contributed by atoms with E-state index in [4.69, 9.17) is 15.2 Å². The van der Waals surface area contributed by atoms with Crippen molar-refractivity contribution in [3.63, 3.8) is 0 Å². The zero-order valence-corrected chi connectivity index (χ0v) is 15.9. The van der Waals surface area contributed by atoms with Gasteiger partial charge < -0.3 is 20.1 Å². The van der Waals surface area contributed by atoms with Crippen LogP contribution in [0.1, 0.15) is 32.3 Å². The molecule has 1 heterocycles. The van der Waals surface area contributed by atoms with Crippen LogP contribution in [-0.4, -0.2) is 49.8 Å². The lowest BCUT2D eigenvalue weighted by molar-refractivity contribution is -0.153. The molecule has 1 atom stereocenters. The monoisotopic (exact) mass is 388 g/mol. The minimum absolute atomic E-state index is 0.0247. The molecule has 1 aliphatic rings. The first kappa shape index (κ1) is 21.3. The number of hydrogen-bond acceptors (Lipinski definition) is 4. The van der Waals surface area contributed by atoms with Gasteiger partial charge in [0.05, 0.1) is 7.11 Å². The second-order valence-electron chi connectivity index (χ2n) is 7.59. The van der Waals surface area contributed by atoms with Gasteiger partial charge in [-0.05, 0) is 36.0 Å². The van der Waals surface area contributed by atoms with Crippen LogP contribution in [0.15, 0.2) is 18.2 Å². The summed E-state index contributed by atoms with van der Waals surface area (Å²) in [5, 5.41) is 0. The lowest BCUT2D eigenvalue weighted by Crippen LogP contribution is -2.54. The van der Waals surface area contributed by atoms with Crippen LogP contribution < -0.4 is 15.2 Å². The Kier molecular flexibility index (Phi) is 6.62. The molecule has 2 N–H and O–H groups in total. The van der Waals surface area contributed by atoms with E-state index in [1.807, 2.05) is 4.90 Å². The van der Waals surface area contributed by atoms with Gasteiger partial charge in [0.25, 0.3) is 0 Å². The number of hydrogen-bond donors (Lipinski definition) is 1. The molecule has 0 spiro atoms. The van der Waals surface area contributed by atoms with Crippen molar-refractivity contribution in [1.82, 2.24) is 4.90 Å². The van der Waals surface area contributed by atoms with E-state index in [9.17, 15) is 18.0 Å². The van der Waals surface area contributed by atoms with E-state index in [1.54, 1.807) is 12.1 Å². The summed E-state index contributed by atoms with van der Waals surface area (Å²) in [5.41, 5.74) is 6.79. The highest BCUT2D eigenvalue weighted by Gasteiger charge is 2.35. The minimum atomic E-state index is -4.42. The number of methoxy groups -OCH3 is 1. The number of nitrogens with two attached hydrogens (primary N) is 1. The molecule has 1 aliphatic heterocycles. The average Bonchev–Trinajstić information content (AvgIpc) is 2.59. The van der Waals surface area contributed by atoms with Crippen LogP contribution in [0.2, 0.25) is 0 Å². The molecule has 0 bridgehead atoms. The van der Waals surface area contributed by atoms with Gasteiger partial charge in [-0.3, -0.25) is 4.79 Å². The number of piperidine rings is 1. The maximum absolute atomic E-state index is 12.5. The van der Waals surface area contributed by atoms with Crippen LogP contribution in [0, 0.1) is 5.41 Å². The summed E-state index contributed by atoms with van der Waals surface area (Å²) in [6, 6.07) is 4.77. The molecule has 1 amide bonds. The fourth-order valence-corrected chi connectivity index (χ4v) is 3.14. The number of amides is 1. The molecule has 1 unspecified atom stereocenters. The Morgan fingerprint density at radius 1 is 1.33 bits per heavy atom. The molecule has 0 aliphatic carbocycles. The summed E-state index contributed by atoms with van der Waals surface area (Å²) in [7, 11) is 1.36. The zero-order valence-electron chi connectivity index (χ0n) is 15.9. The topological polar surface area (TPSA) is 64.8 Å². The van der Waals surface area contributed by atoms with Crippen LogP contribution in [0.3, 0.4) is 0 Å². The number of benzene rings is 1. The van der Waals surface area contributed by atoms with Crippen molar-refractivity contribution in [3.05, 3.63) is 23.8 Å². The number of rotatable bonds is 6. The number of ether oxygens (including phenoxy) is 2. The fourth-order valence-electron chi connectivity index (χ4n) is 3.14. The Morgan fingerprint density at radius 2 is 2.04 bits per heavy atom. The van der Waals surface area contributed by atoms with E-state index >= 15 is 0 Å². The quantitative estimate of drug-likeness (QED) is 0.813. The van der Waals surface area contributed by atoms with Crippen LogP contribution in [0.25, 0.3) is 0 Å². The van der Waals surface area contributed by atoms with Gasteiger partial charge in [0.1, 0.15) is 0 Å². The predicted octanol–water partition coefficient (Wildman–Crippen LogP) is 3.15. The SMILES string of the molecule is COc1cc(CCC(=O)N2CCC(N)C(C)(C)C2)ccc1OCC(F)(F)F. The summed E-state index contributed by atoms with van der Waals surface area (Å²) in [4.78, 5) is 14.3. The Bertz CT molecular complexity index is 662. The number of nitrogens with zero attached hydrogens (tertiary/aromatic N) is 1. The van der Waals surface area contributed by atoms with E-state index in [2.05, 4.69) is 13.8 Å². The van der Waals surface area contributed by atoms with Crippen molar-refractivity contribution in [1.29, 1.82) is 0 Å². The normalized spacial score (nSPS) is 19.7. The summed E-state index contributed by atoms with van der Waals surface area (Å²) in [6.07, 6.45) is -2.85. The van der Waals surface area contributed by atoms with Gasteiger partial charge in [-0.15, -0.1) is 0 Å². The lowest BCUT2D eigenvalue weighted by atomic mass is 9.79. The molecule has 27 heavy (non-hydrogen) atoms. The second-order valence-corrected chi connectivity index (χ2v) is 7.59. The predicted molar refractivity (Wildman–Crippen MR) is 95.8 cm³/mol. The van der Waals surface area contributed by atoms with Crippen molar-refractivity contribution in [3.8, 4) is 11.5 Å². The highest BCUT2D eigenvalue weighted by Crippen LogP contribution is 2.31. The highest BCUT2D eigenvalue weighted by atomic mass is 19.4. The molecule has 0 radical (unpaired) electrons. The molecule has 1 aromatic rings. The molecular weight excluding hydrogens is 361 g/mol. The summed E-state index contributed by atoms with van der Waals surface area (Å²) in [6.45, 7) is 4.01. The highest BCUT2D eigenvalue weighted by molar-refractivity contribution is 5.76. The molecule has 1 saturated heterocycles. The van der Waals surface area contributed by atoms with Gasteiger partial charge in [0.2, 0.25) is 5.91 Å². The van der Waals surface area contributed by atoms with Gasteiger partial charge in [-0.1, -0.05) is 19.9 Å². The molecule has 8 heteroatoms. The standard InChI is InChI=1S/C19H27F3N2O3/c1-18(2)11-24(9-8-16(18)23)17(25)7-5-13-4-6-14(15(10-13)26-3)27-12-19(20,21)22/h4,6,10,16H,5,7-9,11-12,23H2,1-3H3. The molecule has 0 saturated carbocycles. The van der Waals surface area contributed by atoms with Crippen LogP contribution >= 0.6 is 0 Å². The maximum atomic E-state index is 12.5. The number of halogens is 3. The number of alkyl halides is 3. The smallest absolute Gasteiger partial charge is 0.422 e. The molecule has 152 valence electrons. The summed E-state index contributed by atoms with van der Waals surface area (Å²) in [5.74, 6) is 0.289. The molecule has 1 fully saturated rings. The Balaban J connectivity index is 1.94. The van der Waals surface area contributed by atoms with Crippen LogP contribution in [0.4, 0.5) is 13.2 Å². The third-order valence-corrected chi connectivity index (χ3v) is 4.91. The number of aryl methyl sites for hydroxylation is 1. The van der Waals surface area contributed by atoms with E-state index in [0.29, 0.717) is 25.9 Å². The second kappa shape index (κ2) is 8.37. The molecular formula is C19H27F3N2O3. The van der Waals surface area contributed by atoms with Gasteiger partial charge in [0, 0.05) is 25.6 Å². The first-order valence-electron chi connectivity index (χ1n) is 8.91. The van der Waals surface area contributed by atoms with E-state index in [1.165, 1.54) is 13.2 Å². The summed E-state index contributed by atoms with van der Waals surface area (Å²) >= 11 is 0. The molecule has 2 rings (SSSR count). The van der Waals surface area contributed by atoms with Crippen molar-refractivity contribution in [2.45, 2.75) is 45.3 Å². The Morgan fingerprint density at radius 3 is 2.63 bits per heavy atom. The first-order valence-corrected chi connectivity index (χ1v) is 8.91. The number of likely N-dealkylation sites (tertiary alicyclic amines) is 1. The van der Waals surface area contributed by atoms with E-state index < -0.39 is 12.8 Å². The largest absolute Gasteiger partial charge is 0.493 e. The van der Waals surface area contributed by atoms with Crippen molar-refractivity contribution in [2.75, 3.05) is 26.8 Å².